The summed E-state index contributed by atoms with van der Waals surface area (Å²) in [5, 5.41) is 3.63. The van der Waals surface area contributed by atoms with Crippen molar-refractivity contribution >= 4 is 37.5 Å². The van der Waals surface area contributed by atoms with Crippen LogP contribution in [-0.2, 0) is 0 Å². The Labute approximate surface area is 120 Å². The summed E-state index contributed by atoms with van der Waals surface area (Å²) in [5.74, 6) is 0.607. The first-order chi connectivity index (χ1) is 8.11. The Morgan fingerprint density at radius 1 is 1.29 bits per heavy atom. The third kappa shape index (κ3) is 3.04. The molecule has 0 amide bonds. The molecule has 2 rings (SSSR count). The van der Waals surface area contributed by atoms with Gasteiger partial charge in [0, 0.05) is 15.0 Å². The maximum Gasteiger partial charge on any atom is 0.0631 e. The number of rotatable bonds is 3. The molecule has 0 aliphatic heterocycles. The van der Waals surface area contributed by atoms with Gasteiger partial charge in [0.05, 0.1) is 5.69 Å². The van der Waals surface area contributed by atoms with Gasteiger partial charge < -0.3 is 11.1 Å². The third-order valence-electron chi connectivity index (χ3n) is 3.48. The van der Waals surface area contributed by atoms with Gasteiger partial charge in [-0.3, -0.25) is 0 Å². The number of hydrogen-bond acceptors (Lipinski definition) is 2. The van der Waals surface area contributed by atoms with Gasteiger partial charge >= 0.3 is 0 Å². The number of nitrogens with two attached hydrogens (primary N) is 1. The summed E-state index contributed by atoms with van der Waals surface area (Å²) in [7, 11) is 0. The predicted octanol–water partition coefficient (Wildman–Crippen LogP) is 4.06. The number of nitrogens with one attached hydrogen (secondary N) is 1. The van der Waals surface area contributed by atoms with E-state index in [4.69, 9.17) is 5.73 Å². The van der Waals surface area contributed by atoms with Crippen LogP contribution in [0, 0.1) is 12.8 Å². The average molecular weight is 362 g/mol. The Morgan fingerprint density at radius 3 is 2.53 bits per heavy atom. The van der Waals surface area contributed by atoms with Crippen molar-refractivity contribution in [1.29, 1.82) is 0 Å². The van der Waals surface area contributed by atoms with Gasteiger partial charge in [-0.2, -0.15) is 0 Å². The van der Waals surface area contributed by atoms with Crippen molar-refractivity contribution in [3.8, 4) is 0 Å². The Bertz CT molecular complexity index is 383. The van der Waals surface area contributed by atoms with Crippen LogP contribution in [-0.4, -0.2) is 12.6 Å². The molecule has 2 atom stereocenters. The molecule has 17 heavy (non-hydrogen) atoms. The second-order valence-corrected chi connectivity index (χ2v) is 6.49. The molecule has 94 valence electrons. The van der Waals surface area contributed by atoms with Crippen LogP contribution in [0.4, 0.5) is 5.69 Å². The van der Waals surface area contributed by atoms with Crippen molar-refractivity contribution in [1.82, 2.24) is 0 Å². The summed E-state index contributed by atoms with van der Waals surface area (Å²) >= 11 is 7.25. The Morgan fingerprint density at radius 2 is 1.94 bits per heavy atom. The first kappa shape index (κ1) is 13.4. The predicted molar refractivity (Wildman–Crippen MR) is 80.4 cm³/mol. The van der Waals surface area contributed by atoms with E-state index in [-0.39, 0.29) is 0 Å². The average Bonchev–Trinajstić information content (AvgIpc) is 2.70. The van der Waals surface area contributed by atoms with E-state index in [1.165, 1.54) is 24.8 Å². The summed E-state index contributed by atoms with van der Waals surface area (Å²) in [5.41, 5.74) is 8.21. The summed E-state index contributed by atoms with van der Waals surface area (Å²) < 4.78 is 2.24. The minimum absolute atomic E-state index is 0.510. The van der Waals surface area contributed by atoms with Crippen molar-refractivity contribution in [3.63, 3.8) is 0 Å². The molecule has 2 nitrogen and oxygen atoms in total. The van der Waals surface area contributed by atoms with Crippen LogP contribution in [0.2, 0.25) is 0 Å². The van der Waals surface area contributed by atoms with E-state index in [2.05, 4.69) is 56.2 Å². The van der Waals surface area contributed by atoms with Crippen molar-refractivity contribution < 1.29 is 0 Å². The molecular weight excluding hydrogens is 344 g/mol. The zero-order chi connectivity index (χ0) is 12.4. The number of aryl methyl sites for hydroxylation is 1. The maximum absolute atomic E-state index is 5.81. The van der Waals surface area contributed by atoms with Crippen LogP contribution >= 0.6 is 31.9 Å². The van der Waals surface area contributed by atoms with Gasteiger partial charge in [0.1, 0.15) is 0 Å². The molecular formula is C13H18Br2N2. The second kappa shape index (κ2) is 5.72. The van der Waals surface area contributed by atoms with Gasteiger partial charge in [-0.1, -0.05) is 6.42 Å². The van der Waals surface area contributed by atoms with Crippen LogP contribution in [0.25, 0.3) is 0 Å². The molecule has 0 radical (unpaired) electrons. The lowest BCUT2D eigenvalue weighted by Gasteiger charge is -2.22. The van der Waals surface area contributed by atoms with E-state index in [1.54, 1.807) is 0 Å². The first-order valence-electron chi connectivity index (χ1n) is 6.04. The molecule has 1 aromatic rings. The lowest BCUT2D eigenvalue weighted by Crippen LogP contribution is -2.29. The highest BCUT2D eigenvalue weighted by molar-refractivity contribution is 9.11. The number of halogens is 2. The Balaban J connectivity index is 2.18. The third-order valence-corrected chi connectivity index (χ3v) is 4.73. The molecule has 3 N–H and O–H groups in total. The van der Waals surface area contributed by atoms with Gasteiger partial charge in [-0.25, -0.2) is 0 Å². The monoisotopic (exact) mass is 360 g/mol. The highest BCUT2D eigenvalue weighted by Gasteiger charge is 2.26. The molecule has 0 bridgehead atoms. The van der Waals surface area contributed by atoms with Crippen molar-refractivity contribution in [2.75, 3.05) is 11.9 Å². The molecule has 0 spiro atoms. The van der Waals surface area contributed by atoms with Gasteiger partial charge in [0.25, 0.3) is 0 Å². The zero-order valence-electron chi connectivity index (χ0n) is 9.97. The van der Waals surface area contributed by atoms with Crippen LogP contribution in [0.1, 0.15) is 24.8 Å². The Kier molecular flexibility index (Phi) is 4.50. The highest BCUT2D eigenvalue weighted by atomic mass is 79.9. The van der Waals surface area contributed by atoms with Gasteiger partial charge in [-0.05, 0) is 81.8 Å². The normalized spacial score (nSPS) is 24.0. The molecule has 0 heterocycles. The van der Waals surface area contributed by atoms with E-state index < -0.39 is 0 Å². The smallest absolute Gasteiger partial charge is 0.0631 e. The SMILES string of the molecule is Cc1cc(Br)c(NC2CCCC2CN)c(Br)c1. The molecule has 0 saturated heterocycles. The van der Waals surface area contributed by atoms with E-state index in [0.717, 1.165) is 21.2 Å². The maximum atomic E-state index is 5.81. The lowest BCUT2D eigenvalue weighted by molar-refractivity contribution is 0.516. The van der Waals surface area contributed by atoms with E-state index in [1.807, 2.05) is 0 Å². The second-order valence-electron chi connectivity index (χ2n) is 4.78. The standard InChI is InChI=1S/C13H18Br2N2/c1-8-5-10(14)13(11(15)6-8)17-12-4-2-3-9(12)7-16/h5-6,9,12,17H,2-4,7,16H2,1H3. The summed E-state index contributed by atoms with van der Waals surface area (Å²) in [4.78, 5) is 0. The van der Waals surface area contributed by atoms with Gasteiger partial charge in [-0.15, -0.1) is 0 Å². The molecule has 1 aromatic carbocycles. The summed E-state index contributed by atoms with van der Waals surface area (Å²) in [6, 6.07) is 4.79. The Hall–Kier alpha value is -0.0600. The molecule has 1 saturated carbocycles. The van der Waals surface area contributed by atoms with Crippen LogP contribution in [0.15, 0.2) is 21.1 Å². The molecule has 1 aliphatic carbocycles. The van der Waals surface area contributed by atoms with Crippen LogP contribution in [0.5, 0.6) is 0 Å². The fraction of sp³-hybridized carbons (Fsp3) is 0.538. The van der Waals surface area contributed by atoms with Gasteiger partial charge in [0.15, 0.2) is 0 Å². The topological polar surface area (TPSA) is 38.0 Å². The van der Waals surface area contributed by atoms with Crippen molar-refractivity contribution in [2.45, 2.75) is 32.2 Å². The molecule has 0 aromatic heterocycles. The minimum Gasteiger partial charge on any atom is -0.380 e. The van der Waals surface area contributed by atoms with Crippen LogP contribution in [0.3, 0.4) is 0 Å². The largest absolute Gasteiger partial charge is 0.380 e. The number of anilines is 1. The minimum atomic E-state index is 0.510. The number of hydrogen-bond donors (Lipinski definition) is 2. The fourth-order valence-corrected chi connectivity index (χ4v) is 4.18. The van der Waals surface area contributed by atoms with E-state index >= 15 is 0 Å². The first-order valence-corrected chi connectivity index (χ1v) is 7.62. The quantitative estimate of drug-likeness (QED) is 0.851. The van der Waals surface area contributed by atoms with Crippen molar-refractivity contribution in [2.24, 2.45) is 11.7 Å². The summed E-state index contributed by atoms with van der Waals surface area (Å²) in [6.07, 6.45) is 3.74. The van der Waals surface area contributed by atoms with Gasteiger partial charge in [0.2, 0.25) is 0 Å². The van der Waals surface area contributed by atoms with Crippen molar-refractivity contribution in [3.05, 3.63) is 26.6 Å². The molecule has 1 fully saturated rings. The lowest BCUT2D eigenvalue weighted by atomic mass is 10.0. The van der Waals surface area contributed by atoms with E-state index in [9.17, 15) is 0 Å². The molecule has 4 heteroatoms. The fourth-order valence-electron chi connectivity index (χ4n) is 2.53. The summed E-state index contributed by atoms with van der Waals surface area (Å²) in [6.45, 7) is 2.87. The van der Waals surface area contributed by atoms with Crippen LogP contribution < -0.4 is 11.1 Å². The molecule has 2 unspecified atom stereocenters. The zero-order valence-corrected chi connectivity index (χ0v) is 13.1. The number of benzene rings is 1. The highest BCUT2D eigenvalue weighted by Crippen LogP contribution is 2.36. The molecule has 1 aliphatic rings. The van der Waals surface area contributed by atoms with E-state index in [0.29, 0.717) is 12.0 Å².